The zero-order valence-corrected chi connectivity index (χ0v) is 26.3. The molecule has 1 unspecified atom stereocenters. The molecule has 10 rings (SSSR count). The van der Waals surface area contributed by atoms with Gasteiger partial charge in [0.2, 0.25) is 0 Å². The van der Waals surface area contributed by atoms with Crippen LogP contribution in [0.5, 0.6) is 0 Å². The maximum Gasteiger partial charge on any atom is 0.0541 e. The third-order valence-electron chi connectivity index (χ3n) is 9.99. The molecule has 0 radical (unpaired) electrons. The minimum absolute atomic E-state index is 0.378. The van der Waals surface area contributed by atoms with Gasteiger partial charge in [-0.3, -0.25) is 0 Å². The lowest BCUT2D eigenvalue weighted by Crippen LogP contribution is -2.12. The molecule has 0 saturated heterocycles. The molecule has 0 spiro atoms. The van der Waals surface area contributed by atoms with E-state index in [4.69, 9.17) is 0 Å². The highest BCUT2D eigenvalue weighted by Crippen LogP contribution is 2.43. The Balaban J connectivity index is 1.16. The summed E-state index contributed by atoms with van der Waals surface area (Å²) in [5.74, 6) is 0.378. The van der Waals surface area contributed by atoms with Crippen molar-refractivity contribution in [3.63, 3.8) is 0 Å². The Morgan fingerprint density at radius 1 is 0.522 bits per heavy atom. The Kier molecular flexibility index (Phi) is 5.52. The van der Waals surface area contributed by atoms with Crippen LogP contribution < -0.4 is 0 Å². The number of hydrogen-bond acceptors (Lipinski definition) is 1. The fraction of sp³-hybridized carbons (Fsp3) is 0.0698. The van der Waals surface area contributed by atoms with Crippen molar-refractivity contribution in [2.75, 3.05) is 0 Å². The van der Waals surface area contributed by atoms with Gasteiger partial charge in [-0.2, -0.15) is 0 Å². The van der Waals surface area contributed by atoms with Crippen molar-refractivity contribution in [3.05, 3.63) is 156 Å². The number of benzene rings is 6. The van der Waals surface area contributed by atoms with Crippen LogP contribution in [0.25, 0.3) is 75.9 Å². The molecule has 3 heteroatoms. The van der Waals surface area contributed by atoms with Gasteiger partial charge in [0.05, 0.1) is 16.6 Å². The van der Waals surface area contributed by atoms with Crippen LogP contribution in [-0.4, -0.2) is 9.13 Å². The van der Waals surface area contributed by atoms with Crippen LogP contribution >= 0.6 is 11.3 Å². The second kappa shape index (κ2) is 9.81. The zero-order valence-electron chi connectivity index (χ0n) is 25.4. The molecule has 1 aliphatic rings. The molecule has 6 aromatic carbocycles. The van der Waals surface area contributed by atoms with Crippen molar-refractivity contribution in [3.8, 4) is 11.4 Å². The highest BCUT2D eigenvalue weighted by molar-refractivity contribution is 7.25. The van der Waals surface area contributed by atoms with Gasteiger partial charge >= 0.3 is 0 Å². The number of nitrogens with zero attached hydrogens (tertiary/aromatic N) is 2. The molecule has 46 heavy (non-hydrogen) atoms. The van der Waals surface area contributed by atoms with E-state index in [2.05, 4.69) is 162 Å². The Bertz CT molecular complexity index is 2680. The summed E-state index contributed by atoms with van der Waals surface area (Å²) in [5, 5.41) is 6.60. The summed E-state index contributed by atoms with van der Waals surface area (Å²) in [5.41, 5.74) is 11.7. The van der Waals surface area contributed by atoms with Crippen LogP contribution in [-0.2, 0) is 6.42 Å². The molecule has 1 atom stereocenters. The first-order valence-electron chi connectivity index (χ1n) is 16.1. The monoisotopic (exact) mass is 606 g/mol. The molecule has 0 fully saturated rings. The number of para-hydroxylation sites is 3. The minimum atomic E-state index is 0.378. The molecule has 2 nitrogen and oxygen atoms in total. The molecule has 1 aliphatic carbocycles. The van der Waals surface area contributed by atoms with Gasteiger partial charge in [-0.05, 0) is 84.1 Å². The molecule has 0 aliphatic heterocycles. The Labute approximate surface area is 271 Å². The van der Waals surface area contributed by atoms with Crippen molar-refractivity contribution < 1.29 is 0 Å². The summed E-state index contributed by atoms with van der Waals surface area (Å²) < 4.78 is 7.61. The SMILES string of the molecule is CC1Cc2c(c3ccccc3n2-c2ccc3c(c2)sc2ccccc23)C=C1c1ccc2c(c1)c1ccccc1n2-c1ccccc1. The smallest absolute Gasteiger partial charge is 0.0541 e. The topological polar surface area (TPSA) is 9.86 Å². The van der Waals surface area contributed by atoms with Gasteiger partial charge in [0.15, 0.2) is 0 Å². The lowest BCUT2D eigenvalue weighted by Gasteiger charge is -2.24. The Morgan fingerprint density at radius 3 is 2.04 bits per heavy atom. The van der Waals surface area contributed by atoms with Crippen LogP contribution in [0.2, 0.25) is 0 Å². The van der Waals surface area contributed by atoms with E-state index in [-0.39, 0.29) is 0 Å². The van der Waals surface area contributed by atoms with E-state index in [0.29, 0.717) is 5.92 Å². The number of fused-ring (bicyclic) bond motifs is 9. The summed E-state index contributed by atoms with van der Waals surface area (Å²) in [4.78, 5) is 0. The van der Waals surface area contributed by atoms with Crippen LogP contribution in [0.4, 0.5) is 0 Å². The van der Waals surface area contributed by atoms with Gasteiger partial charge in [-0.1, -0.05) is 91.9 Å². The van der Waals surface area contributed by atoms with Gasteiger partial charge in [0.25, 0.3) is 0 Å². The average Bonchev–Trinajstić information content (AvgIpc) is 3.75. The van der Waals surface area contributed by atoms with E-state index in [1.165, 1.54) is 86.6 Å². The van der Waals surface area contributed by atoms with Crippen LogP contribution in [0.1, 0.15) is 23.7 Å². The third kappa shape index (κ3) is 3.70. The molecule has 0 amide bonds. The highest BCUT2D eigenvalue weighted by atomic mass is 32.1. The van der Waals surface area contributed by atoms with E-state index in [9.17, 15) is 0 Å². The lowest BCUT2D eigenvalue weighted by molar-refractivity contribution is 0.708. The quantitative estimate of drug-likeness (QED) is 0.189. The molecule has 218 valence electrons. The zero-order chi connectivity index (χ0) is 30.4. The van der Waals surface area contributed by atoms with Crippen molar-refractivity contribution in [1.82, 2.24) is 9.13 Å². The fourth-order valence-corrected chi connectivity index (χ4v) is 9.04. The van der Waals surface area contributed by atoms with E-state index in [0.717, 1.165) is 6.42 Å². The molecule has 0 saturated carbocycles. The predicted octanol–water partition coefficient (Wildman–Crippen LogP) is 11.8. The van der Waals surface area contributed by atoms with Crippen LogP contribution in [0, 0.1) is 5.92 Å². The Hall–Kier alpha value is -5.38. The molecular formula is C43H30N2S. The summed E-state index contributed by atoms with van der Waals surface area (Å²) in [7, 11) is 0. The highest BCUT2D eigenvalue weighted by Gasteiger charge is 2.26. The molecule has 9 aromatic rings. The number of aromatic nitrogens is 2. The predicted molar refractivity (Wildman–Crippen MR) is 198 cm³/mol. The summed E-state index contributed by atoms with van der Waals surface area (Å²) in [6.07, 6.45) is 3.47. The summed E-state index contributed by atoms with van der Waals surface area (Å²) >= 11 is 1.89. The van der Waals surface area contributed by atoms with E-state index < -0.39 is 0 Å². The van der Waals surface area contributed by atoms with E-state index >= 15 is 0 Å². The number of rotatable bonds is 3. The molecule has 3 heterocycles. The average molecular weight is 607 g/mol. The second-order valence-electron chi connectivity index (χ2n) is 12.6. The lowest BCUT2D eigenvalue weighted by atomic mass is 9.83. The summed E-state index contributed by atoms with van der Waals surface area (Å²) in [6.45, 7) is 2.39. The maximum atomic E-state index is 2.52. The molecular weight excluding hydrogens is 577 g/mol. The summed E-state index contributed by atoms with van der Waals surface area (Å²) in [6, 6.07) is 51.3. The first kappa shape index (κ1) is 25.9. The largest absolute Gasteiger partial charge is 0.313 e. The van der Waals surface area contributed by atoms with Crippen molar-refractivity contribution >= 4 is 75.9 Å². The van der Waals surface area contributed by atoms with E-state index in [1.807, 2.05) is 11.3 Å². The number of allylic oxidation sites excluding steroid dienone is 1. The van der Waals surface area contributed by atoms with Crippen LogP contribution in [0.3, 0.4) is 0 Å². The third-order valence-corrected chi connectivity index (χ3v) is 11.1. The fourth-order valence-electron chi connectivity index (χ4n) is 7.90. The molecule has 3 aromatic heterocycles. The Morgan fingerprint density at radius 2 is 1.20 bits per heavy atom. The number of hydrogen-bond donors (Lipinski definition) is 0. The molecule has 0 N–H and O–H groups in total. The standard InChI is InChI=1S/C43H30N2S/c1-27-23-41-37(32-14-6-9-17-39(32)45(41)30-20-21-34-33-15-7-10-18-42(33)46-43(34)25-30)26-35(27)28-19-22-40-36(24-28)31-13-5-8-16-38(31)44(40)29-11-3-2-4-12-29/h2-22,24-27H,23H2,1H3. The van der Waals surface area contributed by atoms with Gasteiger partial charge < -0.3 is 9.13 Å². The first-order valence-corrected chi connectivity index (χ1v) is 16.9. The maximum absolute atomic E-state index is 2.52. The first-order chi connectivity index (χ1) is 22.7. The normalized spacial score (nSPS) is 14.9. The van der Waals surface area contributed by atoms with Crippen molar-refractivity contribution in [2.45, 2.75) is 13.3 Å². The van der Waals surface area contributed by atoms with Gasteiger partial charge in [-0.15, -0.1) is 11.3 Å². The van der Waals surface area contributed by atoms with E-state index in [1.54, 1.807) is 0 Å². The van der Waals surface area contributed by atoms with Gasteiger partial charge in [0, 0.05) is 59.0 Å². The van der Waals surface area contributed by atoms with Crippen molar-refractivity contribution in [2.24, 2.45) is 5.92 Å². The second-order valence-corrected chi connectivity index (χ2v) is 13.7. The minimum Gasteiger partial charge on any atom is -0.313 e. The molecule has 0 bridgehead atoms. The van der Waals surface area contributed by atoms with Gasteiger partial charge in [0.1, 0.15) is 0 Å². The van der Waals surface area contributed by atoms with Gasteiger partial charge in [-0.25, -0.2) is 0 Å². The van der Waals surface area contributed by atoms with Crippen LogP contribution in [0.15, 0.2) is 140 Å². The number of thiophene rings is 1. The van der Waals surface area contributed by atoms with Crippen molar-refractivity contribution in [1.29, 1.82) is 0 Å².